The summed E-state index contributed by atoms with van der Waals surface area (Å²) >= 11 is 0. The molecule has 0 saturated heterocycles. The fraction of sp³-hybridized carbons (Fsp3) is 0.0769. The first-order valence-corrected chi connectivity index (χ1v) is 37.8. The summed E-state index contributed by atoms with van der Waals surface area (Å²) in [6, 6.07) is 108. The first-order valence-electron chi connectivity index (χ1n) is 41.8. The van der Waals surface area contributed by atoms with Crippen LogP contribution < -0.4 is 26.2 Å². The Morgan fingerprint density at radius 3 is 1.20 bits per heavy atom. The Hall–Kier alpha value is -13.4. The monoisotopic (exact) mass is 1420 g/mol. The van der Waals surface area contributed by atoms with Crippen LogP contribution in [0, 0.1) is 0 Å². The number of benzene rings is 16. The van der Waals surface area contributed by atoms with Gasteiger partial charge in [0.25, 0.3) is 6.71 Å². The summed E-state index contributed by atoms with van der Waals surface area (Å²) in [6.45, 7) is 13.2. The lowest BCUT2D eigenvalue weighted by Crippen LogP contribution is -2.61. The average Bonchev–Trinajstić information content (AvgIpc) is 0.887. The molecular weight excluding hydrogens is 1330 g/mol. The van der Waals surface area contributed by atoms with E-state index in [9.17, 15) is 8.22 Å². The molecule has 0 fully saturated rings. The summed E-state index contributed by atoms with van der Waals surface area (Å²) in [4.78, 5) is 5.02. The first-order chi connectivity index (χ1) is 57.2. The normalized spacial score (nSPS) is 13.8. The molecule has 0 unspecified atom stereocenters. The van der Waals surface area contributed by atoms with E-state index in [1.54, 1.807) is 4.57 Å². The number of anilines is 6. The smallest absolute Gasteiger partial charge is 0.252 e. The van der Waals surface area contributed by atoms with Crippen LogP contribution in [0.15, 0.2) is 362 Å². The van der Waals surface area contributed by atoms with Crippen molar-refractivity contribution in [2.24, 2.45) is 0 Å². The fourth-order valence-electron chi connectivity index (χ4n) is 17.6. The molecule has 0 aliphatic carbocycles. The van der Waals surface area contributed by atoms with Gasteiger partial charge in [-0.15, -0.1) is 0 Å². The van der Waals surface area contributed by atoms with Gasteiger partial charge in [0.15, 0.2) is 5.58 Å². The number of rotatable bonds is 10. The van der Waals surface area contributed by atoms with Gasteiger partial charge in [-0.25, -0.2) is 0 Å². The van der Waals surface area contributed by atoms with Crippen LogP contribution in [0.5, 0.6) is 0 Å². The molecule has 5 heterocycles. The van der Waals surface area contributed by atoms with E-state index < -0.39 is 43.0 Å². The lowest BCUT2D eigenvalue weighted by molar-refractivity contribution is 0.569. The number of fused-ring (bicyclic) bond motifs is 13. The molecule has 6 heteroatoms. The van der Waals surface area contributed by atoms with Crippen LogP contribution in [0.4, 0.5) is 34.1 Å². The van der Waals surface area contributed by atoms with Crippen molar-refractivity contribution in [2.75, 3.05) is 9.80 Å². The van der Waals surface area contributed by atoms with E-state index >= 15 is 0 Å². The molecule has 522 valence electrons. The van der Waals surface area contributed by atoms with Gasteiger partial charge >= 0.3 is 0 Å². The van der Waals surface area contributed by atoms with Gasteiger partial charge in [0.1, 0.15) is 5.58 Å². The summed E-state index contributed by atoms with van der Waals surface area (Å²) in [7, 11) is 0. The summed E-state index contributed by atoms with van der Waals surface area (Å²) < 4.78 is 87.5. The van der Waals surface area contributed by atoms with Crippen LogP contribution >= 0.6 is 0 Å². The highest BCUT2D eigenvalue weighted by atomic mass is 16.3. The summed E-state index contributed by atoms with van der Waals surface area (Å²) in [5.74, 6) is 0. The van der Waals surface area contributed by atoms with Crippen molar-refractivity contribution >= 4 is 123 Å². The number of nitrogens with zero attached hydrogens (tertiary/aromatic N) is 4. The van der Waals surface area contributed by atoms with E-state index in [0.717, 1.165) is 167 Å². The van der Waals surface area contributed by atoms with Crippen molar-refractivity contribution in [1.82, 2.24) is 9.13 Å². The van der Waals surface area contributed by atoms with Crippen molar-refractivity contribution in [1.29, 1.82) is 0 Å². The molecule has 0 saturated carbocycles. The lowest BCUT2D eigenvalue weighted by atomic mass is 9.33. The van der Waals surface area contributed by atoms with Gasteiger partial charge in [-0.05, 0) is 156 Å². The van der Waals surface area contributed by atoms with E-state index in [0.29, 0.717) is 5.69 Å². The molecule has 0 atom stereocenters. The van der Waals surface area contributed by atoms with Crippen molar-refractivity contribution in [3.63, 3.8) is 0 Å². The van der Waals surface area contributed by atoms with Crippen LogP contribution in [0.2, 0.25) is 0 Å². The minimum atomic E-state index is -0.556. The molecule has 16 aromatic carbocycles. The van der Waals surface area contributed by atoms with Crippen molar-refractivity contribution < 1.29 is 15.4 Å². The Kier molecular flexibility index (Phi) is 13.0. The van der Waals surface area contributed by atoms with Gasteiger partial charge in [-0.2, -0.15) is 0 Å². The third kappa shape index (κ3) is 10.3. The predicted molar refractivity (Wildman–Crippen MR) is 466 cm³/mol. The predicted octanol–water partition coefficient (Wildman–Crippen LogP) is 26.5. The molecule has 0 amide bonds. The zero-order valence-electron chi connectivity index (χ0n) is 69.7. The van der Waals surface area contributed by atoms with Crippen molar-refractivity contribution in [2.45, 2.75) is 52.4 Å². The molecule has 110 heavy (non-hydrogen) atoms. The second kappa shape index (κ2) is 25.1. The Morgan fingerprint density at radius 1 is 0.291 bits per heavy atom. The molecule has 19 aromatic rings. The molecule has 0 N–H and O–H groups in total. The maximum absolute atomic E-state index is 9.95. The van der Waals surface area contributed by atoms with Gasteiger partial charge in [-0.3, -0.25) is 0 Å². The van der Waals surface area contributed by atoms with Gasteiger partial charge in [0.2, 0.25) is 0 Å². The van der Waals surface area contributed by atoms with Gasteiger partial charge in [0, 0.05) is 83.0 Å². The Bertz CT molecular complexity index is 7170. The maximum Gasteiger partial charge on any atom is 0.252 e. The van der Waals surface area contributed by atoms with Crippen LogP contribution in [-0.2, 0) is 10.8 Å². The molecule has 2 aliphatic heterocycles. The fourth-order valence-corrected chi connectivity index (χ4v) is 17.6. The van der Waals surface area contributed by atoms with Gasteiger partial charge in [-0.1, -0.05) is 327 Å². The number of furan rings is 1. The SMILES string of the molecule is [2H]c1c([2H])c([2H])c2c(c1[2H])c1c([2H])c([2H])c([2H])c([2H])c1n2-c1ccc2c(c1)N(c1c(-c3ccccc3)cccc1-c1ccccc1)c1cc(-c3cc(-n4c5ccccc5c5ccccc54)c4oc5ccccc5c4c3)cc3c1B2c1ccc(-c2cc(C(C)(C)C)cc(C(C)(C)C)c2)cc1N3c1c(-c2ccccc2)cccc1-c1ccccc1. The Balaban J connectivity index is 0.977. The van der Waals surface area contributed by atoms with E-state index in [-0.39, 0.29) is 44.7 Å². The standard InChI is InChI=1S/C104H77BN4O/c1-103(2,3)74-57-71(58-75(64-74)104(4,5)6)70-53-55-87-93(60-70)108(100-77(66-31-11-7-12-32-66)44-29-45-78(100)67-33-13-8-14-34-67)95-61-73(72-59-86-85-43-23-28-52-98(85)110-102(86)97(63-72)107-91-50-26-21-41-83(91)84-42-22-27-51-92(84)107)62-96-99(95)105(87)88-56-54-76(106-89-48-24-19-39-81(89)82-40-20-25-49-90(82)106)65-94(88)109(96)101-79(68-35-15-9-16-36-68)46-30-47-80(101)69-37-17-10-18-38-69/h7-65H,1-6H3/i19D,20D,24D,25D,39D,40D,48D,49D. The minimum Gasteiger partial charge on any atom is -0.454 e. The number of para-hydroxylation sites is 7. The van der Waals surface area contributed by atoms with Gasteiger partial charge in [0.05, 0.1) is 50.1 Å². The third-order valence-electron chi connectivity index (χ3n) is 22.8. The van der Waals surface area contributed by atoms with Crippen LogP contribution in [0.1, 0.15) is 63.6 Å². The second-order valence-corrected chi connectivity index (χ2v) is 31.3. The molecule has 21 rings (SSSR count). The molecule has 0 bridgehead atoms. The number of hydrogen-bond acceptors (Lipinski definition) is 3. The quantitative estimate of drug-likeness (QED) is 0.128. The zero-order chi connectivity index (χ0) is 80.6. The van der Waals surface area contributed by atoms with E-state index in [1.165, 1.54) is 11.1 Å². The lowest BCUT2D eigenvalue weighted by Gasteiger charge is -2.46. The highest BCUT2D eigenvalue weighted by Gasteiger charge is 2.46. The topological polar surface area (TPSA) is 29.5 Å². The maximum atomic E-state index is 9.95. The molecule has 0 spiro atoms. The highest BCUT2D eigenvalue weighted by Crippen LogP contribution is 2.55. The van der Waals surface area contributed by atoms with Gasteiger partial charge < -0.3 is 23.4 Å². The first kappa shape index (κ1) is 56.9. The summed E-state index contributed by atoms with van der Waals surface area (Å²) in [5.41, 5.74) is 26.9. The summed E-state index contributed by atoms with van der Waals surface area (Å²) in [6.07, 6.45) is 0. The number of aromatic nitrogens is 2. The molecular formula is C104H77BN4O. The van der Waals surface area contributed by atoms with E-state index in [4.69, 9.17) is 7.16 Å². The summed E-state index contributed by atoms with van der Waals surface area (Å²) in [5, 5.41) is 4.11. The average molecular weight is 1420 g/mol. The van der Waals surface area contributed by atoms with Crippen LogP contribution in [0.3, 0.4) is 0 Å². The van der Waals surface area contributed by atoms with E-state index in [1.807, 2.05) is 24.3 Å². The van der Waals surface area contributed by atoms with Crippen molar-refractivity contribution in [3.8, 4) is 78.1 Å². The Labute approximate surface area is 652 Å². The third-order valence-corrected chi connectivity index (χ3v) is 22.8. The van der Waals surface area contributed by atoms with Crippen LogP contribution in [-0.4, -0.2) is 15.8 Å². The largest absolute Gasteiger partial charge is 0.454 e. The van der Waals surface area contributed by atoms with Crippen molar-refractivity contribution in [3.05, 3.63) is 369 Å². The molecule has 0 radical (unpaired) electrons. The number of hydrogen-bond donors (Lipinski definition) is 0. The minimum absolute atomic E-state index is 0.00365. The molecule has 5 nitrogen and oxygen atoms in total. The molecule has 2 aliphatic rings. The molecule has 3 aromatic heterocycles. The zero-order valence-corrected chi connectivity index (χ0v) is 61.7. The highest BCUT2D eigenvalue weighted by molar-refractivity contribution is 7.00. The van der Waals surface area contributed by atoms with Crippen LogP contribution in [0.25, 0.3) is 144 Å². The Morgan fingerprint density at radius 2 is 0.700 bits per heavy atom. The second-order valence-electron chi connectivity index (χ2n) is 31.3. The van der Waals surface area contributed by atoms with E-state index in [2.05, 4.69) is 341 Å².